The van der Waals surface area contributed by atoms with Crippen molar-refractivity contribution in [2.45, 2.75) is 25.4 Å². The Hall–Kier alpha value is -2.54. The third-order valence-corrected chi connectivity index (χ3v) is 4.90. The van der Waals surface area contributed by atoms with Gasteiger partial charge in [0.1, 0.15) is 5.82 Å². The highest BCUT2D eigenvalue weighted by atomic mass is 19.2. The number of carboxylic acid groups (broad SMARTS) is 1. The summed E-state index contributed by atoms with van der Waals surface area (Å²) in [5.74, 6) is -3.20. The molecule has 1 N–H and O–H groups in total. The molecule has 0 unspecified atom stereocenters. The zero-order valence-electron chi connectivity index (χ0n) is 14.7. The number of hydrogen-bond donors (Lipinski definition) is 1. The SMILES string of the molecule is O=C(O)CN(Cc1cccc(F)c1F)C1CCN(c2cccc(F)c2)CC1. The standard InChI is InChI=1S/C20H21F3N2O2/c21-15-4-2-5-17(11-15)24-9-7-16(8-10-24)25(13-19(26)27)12-14-3-1-6-18(22)20(14)23/h1-6,11,16H,7-10,12-13H2,(H,26,27). The van der Waals surface area contributed by atoms with Crippen LogP contribution in [0.4, 0.5) is 18.9 Å². The van der Waals surface area contributed by atoms with Crippen LogP contribution in [0.25, 0.3) is 0 Å². The van der Waals surface area contributed by atoms with E-state index in [1.54, 1.807) is 11.0 Å². The topological polar surface area (TPSA) is 43.8 Å². The molecular formula is C20H21F3N2O2. The number of carbonyl (C=O) groups is 1. The summed E-state index contributed by atoms with van der Waals surface area (Å²) in [6.07, 6.45) is 1.31. The van der Waals surface area contributed by atoms with E-state index in [4.69, 9.17) is 0 Å². The van der Waals surface area contributed by atoms with Gasteiger partial charge in [-0.2, -0.15) is 0 Å². The van der Waals surface area contributed by atoms with E-state index in [0.29, 0.717) is 25.9 Å². The number of aliphatic carboxylic acids is 1. The third-order valence-electron chi connectivity index (χ3n) is 4.90. The minimum atomic E-state index is -1.01. The summed E-state index contributed by atoms with van der Waals surface area (Å²) < 4.78 is 40.9. The Morgan fingerprint density at radius 3 is 2.48 bits per heavy atom. The molecule has 3 rings (SSSR count). The van der Waals surface area contributed by atoms with Crippen molar-refractivity contribution in [3.8, 4) is 0 Å². The lowest BCUT2D eigenvalue weighted by atomic mass is 10.0. The van der Waals surface area contributed by atoms with E-state index in [0.717, 1.165) is 11.8 Å². The molecule has 1 fully saturated rings. The molecule has 0 radical (unpaired) electrons. The molecule has 7 heteroatoms. The van der Waals surface area contributed by atoms with Gasteiger partial charge in [0.05, 0.1) is 6.54 Å². The minimum Gasteiger partial charge on any atom is -0.480 e. The van der Waals surface area contributed by atoms with Gasteiger partial charge in [-0.05, 0) is 37.1 Å². The van der Waals surface area contributed by atoms with Gasteiger partial charge in [0, 0.05) is 36.9 Å². The summed E-state index contributed by atoms with van der Waals surface area (Å²) in [4.78, 5) is 15.0. The van der Waals surface area contributed by atoms with E-state index < -0.39 is 17.6 Å². The molecule has 0 bridgehead atoms. The summed E-state index contributed by atoms with van der Waals surface area (Å²) in [7, 11) is 0. The Morgan fingerprint density at radius 1 is 1.11 bits per heavy atom. The molecule has 0 saturated carbocycles. The number of piperidine rings is 1. The van der Waals surface area contributed by atoms with E-state index in [9.17, 15) is 23.1 Å². The van der Waals surface area contributed by atoms with Crippen LogP contribution in [0.5, 0.6) is 0 Å². The lowest BCUT2D eigenvalue weighted by molar-refractivity contribution is -0.139. The second-order valence-electron chi connectivity index (χ2n) is 6.71. The predicted octanol–water partition coefficient (Wildman–Crippen LogP) is 3.66. The quantitative estimate of drug-likeness (QED) is 0.833. The molecule has 1 aliphatic rings. The first-order valence-electron chi connectivity index (χ1n) is 8.83. The molecule has 4 nitrogen and oxygen atoms in total. The number of anilines is 1. The van der Waals surface area contributed by atoms with Crippen LogP contribution >= 0.6 is 0 Å². The van der Waals surface area contributed by atoms with Crippen LogP contribution in [0.1, 0.15) is 18.4 Å². The first-order chi connectivity index (χ1) is 12.9. The zero-order chi connectivity index (χ0) is 19.4. The summed E-state index contributed by atoms with van der Waals surface area (Å²) in [5.41, 5.74) is 0.929. The highest BCUT2D eigenvalue weighted by molar-refractivity contribution is 5.69. The van der Waals surface area contributed by atoms with Gasteiger partial charge in [-0.3, -0.25) is 9.69 Å². The van der Waals surface area contributed by atoms with Crippen LogP contribution in [-0.2, 0) is 11.3 Å². The molecule has 2 aromatic rings. The average molecular weight is 378 g/mol. The molecular weight excluding hydrogens is 357 g/mol. The Kier molecular flexibility index (Phi) is 6.01. The van der Waals surface area contributed by atoms with Crippen molar-refractivity contribution in [3.63, 3.8) is 0 Å². The van der Waals surface area contributed by atoms with Crippen molar-refractivity contribution in [3.05, 3.63) is 65.5 Å². The monoisotopic (exact) mass is 378 g/mol. The van der Waals surface area contributed by atoms with Gasteiger partial charge in [-0.15, -0.1) is 0 Å². The lowest BCUT2D eigenvalue weighted by Gasteiger charge is -2.39. The van der Waals surface area contributed by atoms with Crippen LogP contribution in [0, 0.1) is 17.5 Å². The molecule has 1 heterocycles. The van der Waals surface area contributed by atoms with Gasteiger partial charge in [0.15, 0.2) is 11.6 Å². The van der Waals surface area contributed by atoms with E-state index in [-0.39, 0.29) is 30.5 Å². The van der Waals surface area contributed by atoms with Gasteiger partial charge in [-0.25, -0.2) is 13.2 Å². The molecule has 0 aromatic heterocycles. The van der Waals surface area contributed by atoms with Crippen LogP contribution in [0.15, 0.2) is 42.5 Å². The van der Waals surface area contributed by atoms with Gasteiger partial charge < -0.3 is 10.0 Å². The Bertz CT molecular complexity index is 808. The van der Waals surface area contributed by atoms with Crippen molar-refractivity contribution in [1.82, 2.24) is 4.90 Å². The molecule has 27 heavy (non-hydrogen) atoms. The van der Waals surface area contributed by atoms with Gasteiger partial charge in [0.25, 0.3) is 0 Å². The highest BCUT2D eigenvalue weighted by Gasteiger charge is 2.27. The second kappa shape index (κ2) is 8.43. The minimum absolute atomic E-state index is 0.0283. The Balaban J connectivity index is 1.69. The second-order valence-corrected chi connectivity index (χ2v) is 6.71. The van der Waals surface area contributed by atoms with Crippen molar-refractivity contribution in [2.24, 2.45) is 0 Å². The van der Waals surface area contributed by atoms with Crippen molar-refractivity contribution in [1.29, 1.82) is 0 Å². The van der Waals surface area contributed by atoms with Gasteiger partial charge in [-0.1, -0.05) is 18.2 Å². The van der Waals surface area contributed by atoms with E-state index in [1.807, 2.05) is 11.0 Å². The van der Waals surface area contributed by atoms with Crippen LogP contribution in [-0.4, -0.2) is 41.7 Å². The largest absolute Gasteiger partial charge is 0.480 e. The predicted molar refractivity (Wildman–Crippen MR) is 96.0 cm³/mol. The maximum atomic E-state index is 14.0. The van der Waals surface area contributed by atoms with E-state index in [2.05, 4.69) is 0 Å². The first-order valence-corrected chi connectivity index (χ1v) is 8.83. The molecule has 0 atom stereocenters. The number of hydrogen-bond acceptors (Lipinski definition) is 3. The highest BCUT2D eigenvalue weighted by Crippen LogP contribution is 2.25. The summed E-state index contributed by atoms with van der Waals surface area (Å²) in [6, 6.07) is 10.2. The Morgan fingerprint density at radius 2 is 1.81 bits per heavy atom. The number of benzene rings is 2. The number of rotatable bonds is 6. The molecule has 2 aromatic carbocycles. The summed E-state index contributed by atoms with van der Waals surface area (Å²) in [5, 5.41) is 9.22. The maximum Gasteiger partial charge on any atom is 0.317 e. The number of nitrogens with zero attached hydrogens (tertiary/aromatic N) is 2. The first kappa shape index (κ1) is 19.2. The summed E-state index contributed by atoms with van der Waals surface area (Å²) in [6.45, 7) is 1.05. The maximum absolute atomic E-state index is 14.0. The fraction of sp³-hybridized carbons (Fsp3) is 0.350. The molecule has 0 aliphatic carbocycles. The smallest absolute Gasteiger partial charge is 0.317 e. The molecule has 0 amide bonds. The lowest BCUT2D eigenvalue weighted by Crippen LogP contribution is -2.46. The van der Waals surface area contributed by atoms with Crippen LogP contribution in [0.3, 0.4) is 0 Å². The van der Waals surface area contributed by atoms with Crippen LogP contribution in [0.2, 0.25) is 0 Å². The number of halogens is 3. The van der Waals surface area contributed by atoms with E-state index >= 15 is 0 Å². The number of carboxylic acids is 1. The van der Waals surface area contributed by atoms with Crippen molar-refractivity contribution >= 4 is 11.7 Å². The fourth-order valence-corrected chi connectivity index (χ4v) is 3.54. The molecule has 1 aliphatic heterocycles. The van der Waals surface area contributed by atoms with Crippen molar-refractivity contribution in [2.75, 3.05) is 24.5 Å². The Labute approximate surface area is 155 Å². The average Bonchev–Trinajstić information content (AvgIpc) is 2.65. The van der Waals surface area contributed by atoms with E-state index in [1.165, 1.54) is 24.3 Å². The molecule has 0 spiro atoms. The third kappa shape index (κ3) is 4.80. The van der Waals surface area contributed by atoms with Gasteiger partial charge >= 0.3 is 5.97 Å². The van der Waals surface area contributed by atoms with Crippen LogP contribution < -0.4 is 4.90 Å². The summed E-state index contributed by atoms with van der Waals surface area (Å²) >= 11 is 0. The zero-order valence-corrected chi connectivity index (χ0v) is 14.7. The molecule has 1 saturated heterocycles. The van der Waals surface area contributed by atoms with Crippen molar-refractivity contribution < 1.29 is 23.1 Å². The normalized spacial score (nSPS) is 15.3. The molecule has 144 valence electrons. The van der Waals surface area contributed by atoms with Gasteiger partial charge in [0.2, 0.25) is 0 Å². The fourth-order valence-electron chi connectivity index (χ4n) is 3.54.